The van der Waals surface area contributed by atoms with Crippen molar-refractivity contribution >= 4 is 23.4 Å². The molecule has 0 bridgehead atoms. The number of aliphatic hydroxyl groups is 3. The summed E-state index contributed by atoms with van der Waals surface area (Å²) < 4.78 is 4.90. The van der Waals surface area contributed by atoms with Gasteiger partial charge in [0.2, 0.25) is 5.78 Å². The molecule has 1 amide bonds. The molecule has 0 aliphatic rings. The first-order valence-electron chi connectivity index (χ1n) is 8.01. The third-order valence-corrected chi connectivity index (χ3v) is 4.89. The van der Waals surface area contributed by atoms with Crippen LogP contribution in [0.5, 0.6) is 0 Å². The van der Waals surface area contributed by atoms with Gasteiger partial charge in [-0.3, -0.25) is 19.2 Å². The lowest BCUT2D eigenvalue weighted by atomic mass is 9.79. The van der Waals surface area contributed by atoms with Gasteiger partial charge in [-0.25, -0.2) is 0 Å². The number of carbonyl (C=O) groups excluding carboxylic acids is 4. The van der Waals surface area contributed by atoms with Crippen LogP contribution < -0.4 is 5.32 Å². The van der Waals surface area contributed by atoms with Crippen molar-refractivity contribution in [2.24, 2.45) is 0 Å². The van der Waals surface area contributed by atoms with Gasteiger partial charge in [0.25, 0.3) is 5.91 Å². The Hall–Kier alpha value is -1.84. The van der Waals surface area contributed by atoms with Crippen LogP contribution >= 0.6 is 0 Å². The fourth-order valence-electron chi connectivity index (χ4n) is 2.08. The standard InChI is InChI=1S/C17H29NO8/c1-9(19)16(7,24)14(3,4)18-13(23)11(21)12(22)17(8,25)15(5,6)26-10(2)20/h11,21,24-25H,1-8H3,(H,18,23). The molecular weight excluding hydrogens is 346 g/mol. The van der Waals surface area contributed by atoms with Gasteiger partial charge in [0.05, 0.1) is 5.54 Å². The van der Waals surface area contributed by atoms with Crippen LogP contribution in [-0.2, 0) is 23.9 Å². The highest BCUT2D eigenvalue weighted by Gasteiger charge is 2.53. The van der Waals surface area contributed by atoms with Crippen molar-refractivity contribution in [1.82, 2.24) is 5.32 Å². The number of amides is 1. The second-order valence-corrected chi connectivity index (χ2v) is 7.69. The summed E-state index contributed by atoms with van der Waals surface area (Å²) in [7, 11) is 0. The van der Waals surface area contributed by atoms with Crippen LogP contribution in [-0.4, -0.2) is 67.2 Å². The summed E-state index contributed by atoms with van der Waals surface area (Å²) in [6.07, 6.45) is -2.32. The molecule has 9 nitrogen and oxygen atoms in total. The van der Waals surface area contributed by atoms with Crippen LogP contribution in [0.3, 0.4) is 0 Å². The number of hydrogen-bond donors (Lipinski definition) is 4. The highest BCUT2D eigenvalue weighted by Crippen LogP contribution is 2.29. The number of hydrogen-bond acceptors (Lipinski definition) is 8. The Bertz CT molecular complexity index is 604. The molecule has 0 rings (SSSR count). The van der Waals surface area contributed by atoms with Gasteiger partial charge in [-0.1, -0.05) is 0 Å². The normalized spacial score (nSPS) is 18.1. The Morgan fingerprint density at radius 1 is 0.885 bits per heavy atom. The molecular formula is C17H29NO8. The minimum Gasteiger partial charge on any atom is -0.456 e. The third-order valence-electron chi connectivity index (χ3n) is 4.89. The predicted molar refractivity (Wildman–Crippen MR) is 91.0 cm³/mol. The zero-order chi connectivity index (χ0) is 21.3. The maximum atomic E-state index is 12.4. The lowest BCUT2D eigenvalue weighted by molar-refractivity contribution is -0.190. The van der Waals surface area contributed by atoms with Crippen molar-refractivity contribution in [3.8, 4) is 0 Å². The van der Waals surface area contributed by atoms with E-state index in [0.29, 0.717) is 0 Å². The van der Waals surface area contributed by atoms with Gasteiger partial charge in [-0.15, -0.1) is 0 Å². The maximum absolute atomic E-state index is 12.4. The molecule has 0 spiro atoms. The average Bonchev–Trinajstić information content (AvgIpc) is 2.42. The smallest absolute Gasteiger partial charge is 0.303 e. The van der Waals surface area contributed by atoms with E-state index in [1.54, 1.807) is 0 Å². The molecule has 150 valence electrons. The zero-order valence-electron chi connectivity index (χ0n) is 16.5. The van der Waals surface area contributed by atoms with E-state index in [2.05, 4.69) is 5.32 Å². The molecule has 3 atom stereocenters. The number of nitrogens with one attached hydrogen (secondary N) is 1. The number of aliphatic hydroxyl groups excluding tert-OH is 1. The Morgan fingerprint density at radius 2 is 1.31 bits per heavy atom. The topological polar surface area (TPSA) is 150 Å². The van der Waals surface area contributed by atoms with Gasteiger partial charge >= 0.3 is 5.97 Å². The molecule has 26 heavy (non-hydrogen) atoms. The highest BCUT2D eigenvalue weighted by atomic mass is 16.6. The Kier molecular flexibility index (Phi) is 6.89. The highest BCUT2D eigenvalue weighted by molar-refractivity contribution is 6.08. The summed E-state index contributed by atoms with van der Waals surface area (Å²) in [5.74, 6) is -3.92. The second kappa shape index (κ2) is 7.42. The van der Waals surface area contributed by atoms with Crippen LogP contribution in [0.15, 0.2) is 0 Å². The molecule has 0 aromatic carbocycles. The van der Waals surface area contributed by atoms with Crippen molar-refractivity contribution < 1.29 is 39.2 Å². The summed E-state index contributed by atoms with van der Waals surface area (Å²) in [5.41, 5.74) is -7.60. The number of rotatable bonds is 8. The fourth-order valence-corrected chi connectivity index (χ4v) is 2.08. The van der Waals surface area contributed by atoms with E-state index >= 15 is 0 Å². The van der Waals surface area contributed by atoms with Crippen LogP contribution in [0.2, 0.25) is 0 Å². The van der Waals surface area contributed by atoms with E-state index in [0.717, 1.165) is 20.8 Å². The quantitative estimate of drug-likeness (QED) is 0.319. The monoisotopic (exact) mass is 375 g/mol. The lowest BCUT2D eigenvalue weighted by Gasteiger charge is -2.40. The van der Waals surface area contributed by atoms with Crippen molar-refractivity contribution in [2.75, 3.05) is 0 Å². The molecule has 0 aliphatic heterocycles. The fraction of sp³-hybridized carbons (Fsp3) is 0.765. The predicted octanol–water partition coefficient (Wildman–Crippen LogP) is -0.756. The zero-order valence-corrected chi connectivity index (χ0v) is 16.5. The van der Waals surface area contributed by atoms with E-state index in [4.69, 9.17) is 4.74 Å². The average molecular weight is 375 g/mol. The molecule has 4 N–H and O–H groups in total. The number of Topliss-reactive ketones (excluding diaryl/α,β-unsaturated/α-hetero) is 2. The van der Waals surface area contributed by atoms with Gasteiger partial charge in [-0.05, 0) is 48.5 Å². The molecule has 0 radical (unpaired) electrons. The minimum atomic E-state index is -2.39. The summed E-state index contributed by atoms with van der Waals surface area (Å²) in [5, 5.41) is 33.0. The van der Waals surface area contributed by atoms with E-state index < -0.39 is 51.9 Å². The van der Waals surface area contributed by atoms with Crippen molar-refractivity contribution in [3.05, 3.63) is 0 Å². The number of ketones is 2. The Morgan fingerprint density at radius 3 is 1.65 bits per heavy atom. The Balaban J connectivity index is 5.51. The molecule has 0 saturated heterocycles. The number of ether oxygens (including phenoxy) is 1. The number of carbonyl (C=O) groups is 4. The van der Waals surface area contributed by atoms with E-state index in [-0.39, 0.29) is 0 Å². The molecule has 3 unspecified atom stereocenters. The maximum Gasteiger partial charge on any atom is 0.303 e. The molecule has 0 saturated carbocycles. The first kappa shape index (κ1) is 24.2. The Labute approximate surface area is 152 Å². The molecule has 0 aromatic heterocycles. The summed E-state index contributed by atoms with van der Waals surface area (Å²) >= 11 is 0. The van der Waals surface area contributed by atoms with Gasteiger partial charge in [-0.2, -0.15) is 0 Å². The van der Waals surface area contributed by atoms with Crippen LogP contribution in [0.4, 0.5) is 0 Å². The van der Waals surface area contributed by atoms with Gasteiger partial charge in [0, 0.05) is 6.92 Å². The van der Waals surface area contributed by atoms with E-state index in [1.165, 1.54) is 34.6 Å². The van der Waals surface area contributed by atoms with E-state index in [1.807, 2.05) is 0 Å². The van der Waals surface area contributed by atoms with Crippen LogP contribution in [0.25, 0.3) is 0 Å². The first-order valence-corrected chi connectivity index (χ1v) is 8.01. The molecule has 9 heteroatoms. The van der Waals surface area contributed by atoms with Gasteiger partial charge in [0.1, 0.15) is 11.2 Å². The summed E-state index contributed by atoms with van der Waals surface area (Å²) in [6, 6.07) is 0. The molecule has 0 aliphatic carbocycles. The van der Waals surface area contributed by atoms with Crippen molar-refractivity contribution in [2.45, 2.75) is 83.8 Å². The lowest BCUT2D eigenvalue weighted by Crippen LogP contribution is -2.66. The second-order valence-electron chi connectivity index (χ2n) is 7.69. The molecule has 0 fully saturated rings. The van der Waals surface area contributed by atoms with Crippen molar-refractivity contribution in [3.63, 3.8) is 0 Å². The first-order chi connectivity index (χ1) is 11.3. The van der Waals surface area contributed by atoms with Gasteiger partial charge < -0.3 is 25.4 Å². The SMILES string of the molecule is CC(=O)OC(C)(C)C(C)(O)C(=O)C(O)C(=O)NC(C)(C)C(C)(O)C(C)=O. The van der Waals surface area contributed by atoms with Crippen LogP contribution in [0.1, 0.15) is 55.4 Å². The van der Waals surface area contributed by atoms with E-state index in [9.17, 15) is 34.5 Å². The minimum absolute atomic E-state index is 0.633. The van der Waals surface area contributed by atoms with Gasteiger partial charge in [0.15, 0.2) is 17.5 Å². The molecule has 0 aromatic rings. The summed E-state index contributed by atoms with van der Waals surface area (Å²) in [6.45, 7) is 9.58. The summed E-state index contributed by atoms with van der Waals surface area (Å²) in [4.78, 5) is 47.4. The third kappa shape index (κ3) is 4.66. The van der Waals surface area contributed by atoms with Crippen LogP contribution in [0, 0.1) is 0 Å². The number of esters is 1. The molecule has 0 heterocycles. The van der Waals surface area contributed by atoms with Crippen molar-refractivity contribution in [1.29, 1.82) is 0 Å². The largest absolute Gasteiger partial charge is 0.456 e.